The van der Waals surface area contributed by atoms with E-state index in [0.29, 0.717) is 11.5 Å². The molecule has 0 unspecified atom stereocenters. The van der Waals surface area contributed by atoms with Crippen molar-refractivity contribution < 1.29 is 14.6 Å². The number of aromatic hydroxyl groups is 1. The van der Waals surface area contributed by atoms with Gasteiger partial charge < -0.3 is 20.0 Å². The second-order valence-electron chi connectivity index (χ2n) is 5.46. The summed E-state index contributed by atoms with van der Waals surface area (Å²) in [4.78, 5) is 0. The quantitative estimate of drug-likeness (QED) is 0.810. The number of rotatable bonds is 4. The summed E-state index contributed by atoms with van der Waals surface area (Å²) in [6.45, 7) is 2.00. The van der Waals surface area contributed by atoms with Gasteiger partial charge >= 0.3 is 0 Å². The Balaban J connectivity index is 1.92. The predicted molar refractivity (Wildman–Crippen MR) is 89.4 cm³/mol. The molecule has 5 heteroatoms. The maximum Gasteiger partial charge on any atom is 0.161 e. The molecule has 0 spiro atoms. The number of aryl methyl sites for hydroxylation is 1. The molecule has 2 aromatic rings. The van der Waals surface area contributed by atoms with Crippen molar-refractivity contribution in [2.24, 2.45) is 0 Å². The average molecular weight is 312 g/mol. The minimum atomic E-state index is -0.0234. The van der Waals surface area contributed by atoms with Crippen LogP contribution in [0.3, 0.4) is 0 Å². The van der Waals surface area contributed by atoms with Gasteiger partial charge in [-0.15, -0.1) is 0 Å². The van der Waals surface area contributed by atoms with Crippen molar-refractivity contribution in [1.82, 2.24) is 10.9 Å². The fourth-order valence-corrected chi connectivity index (χ4v) is 2.65. The largest absolute Gasteiger partial charge is 0.507 e. The van der Waals surface area contributed by atoms with E-state index in [9.17, 15) is 5.11 Å². The topological polar surface area (TPSA) is 62.8 Å². The van der Waals surface area contributed by atoms with Crippen molar-refractivity contribution >= 4 is 5.70 Å². The van der Waals surface area contributed by atoms with Gasteiger partial charge in [0.15, 0.2) is 11.5 Å². The second kappa shape index (κ2) is 6.22. The molecule has 0 bridgehead atoms. The molecule has 1 heterocycles. The summed E-state index contributed by atoms with van der Waals surface area (Å²) < 4.78 is 10.6. The first kappa shape index (κ1) is 15.2. The summed E-state index contributed by atoms with van der Waals surface area (Å²) in [5.74, 6) is 1.64. The van der Waals surface area contributed by atoms with Gasteiger partial charge in [-0.25, -0.2) is 5.43 Å². The molecule has 120 valence electrons. The van der Waals surface area contributed by atoms with Crippen LogP contribution in [0.2, 0.25) is 0 Å². The lowest BCUT2D eigenvalue weighted by Gasteiger charge is -2.13. The Morgan fingerprint density at radius 3 is 2.52 bits per heavy atom. The van der Waals surface area contributed by atoms with Crippen molar-refractivity contribution in [3.8, 4) is 17.2 Å². The first-order valence-electron chi connectivity index (χ1n) is 7.37. The summed E-state index contributed by atoms with van der Waals surface area (Å²) >= 11 is 0. The Hall–Kier alpha value is -2.66. The molecular formula is C18H20N2O3. The van der Waals surface area contributed by atoms with Crippen LogP contribution >= 0.6 is 0 Å². The summed E-state index contributed by atoms with van der Waals surface area (Å²) in [6, 6.07) is 11.3. The molecule has 0 aromatic heterocycles. The first-order chi connectivity index (χ1) is 11.1. The van der Waals surface area contributed by atoms with E-state index in [-0.39, 0.29) is 11.8 Å². The standard InChI is InChI=1S/C18H20N2O3/c1-11-4-6-16(21)13(8-11)15-10-14(19-20-15)12-5-7-17(22-2)18(9-12)23-3/h4-10,14,19-21H,1-3H3/t14-/m0/s1. The van der Waals surface area contributed by atoms with E-state index >= 15 is 0 Å². The third kappa shape index (κ3) is 2.96. The Morgan fingerprint density at radius 1 is 1.00 bits per heavy atom. The molecule has 0 saturated carbocycles. The van der Waals surface area contributed by atoms with Gasteiger partial charge in [0, 0.05) is 5.56 Å². The molecule has 23 heavy (non-hydrogen) atoms. The van der Waals surface area contributed by atoms with Gasteiger partial charge in [0.25, 0.3) is 0 Å². The molecule has 0 amide bonds. The lowest BCUT2D eigenvalue weighted by Crippen LogP contribution is -2.26. The third-order valence-electron chi connectivity index (χ3n) is 3.90. The minimum Gasteiger partial charge on any atom is -0.507 e. The number of benzene rings is 2. The van der Waals surface area contributed by atoms with Crippen LogP contribution in [0.1, 0.15) is 22.7 Å². The van der Waals surface area contributed by atoms with Gasteiger partial charge in [0.2, 0.25) is 0 Å². The highest BCUT2D eigenvalue weighted by Crippen LogP contribution is 2.34. The van der Waals surface area contributed by atoms with Crippen LogP contribution in [-0.2, 0) is 0 Å². The van der Waals surface area contributed by atoms with Crippen molar-refractivity contribution in [2.45, 2.75) is 13.0 Å². The van der Waals surface area contributed by atoms with Crippen LogP contribution in [0.5, 0.6) is 17.2 Å². The Morgan fingerprint density at radius 2 is 1.78 bits per heavy atom. The monoisotopic (exact) mass is 312 g/mol. The van der Waals surface area contributed by atoms with E-state index in [1.165, 1.54) is 0 Å². The lowest BCUT2D eigenvalue weighted by molar-refractivity contribution is 0.354. The fraction of sp³-hybridized carbons (Fsp3) is 0.222. The number of hydrogen-bond acceptors (Lipinski definition) is 5. The molecule has 0 radical (unpaired) electrons. The van der Waals surface area contributed by atoms with Crippen molar-refractivity contribution in [3.05, 3.63) is 59.2 Å². The van der Waals surface area contributed by atoms with Gasteiger partial charge in [-0.05, 0) is 42.8 Å². The van der Waals surface area contributed by atoms with Crippen molar-refractivity contribution in [2.75, 3.05) is 14.2 Å². The van der Waals surface area contributed by atoms with Crippen LogP contribution in [-0.4, -0.2) is 19.3 Å². The van der Waals surface area contributed by atoms with E-state index in [4.69, 9.17) is 9.47 Å². The van der Waals surface area contributed by atoms with Crippen molar-refractivity contribution in [1.29, 1.82) is 0 Å². The zero-order valence-corrected chi connectivity index (χ0v) is 13.4. The first-order valence-corrected chi connectivity index (χ1v) is 7.37. The SMILES string of the molecule is COc1ccc([C@@H]2C=C(c3cc(C)ccc3O)NN2)cc1OC. The molecular weight excluding hydrogens is 292 g/mol. The normalized spacial score (nSPS) is 16.7. The fourth-order valence-electron chi connectivity index (χ4n) is 2.65. The van der Waals surface area contributed by atoms with Crippen LogP contribution in [0.15, 0.2) is 42.5 Å². The summed E-state index contributed by atoms with van der Waals surface area (Å²) in [6.07, 6.45) is 2.04. The number of nitrogens with one attached hydrogen (secondary N) is 2. The summed E-state index contributed by atoms with van der Waals surface area (Å²) in [7, 11) is 3.24. The van der Waals surface area contributed by atoms with E-state index in [1.54, 1.807) is 20.3 Å². The van der Waals surface area contributed by atoms with Crippen molar-refractivity contribution in [3.63, 3.8) is 0 Å². The smallest absolute Gasteiger partial charge is 0.161 e. The zero-order valence-electron chi connectivity index (χ0n) is 13.4. The molecule has 1 atom stereocenters. The number of hydrazine groups is 1. The Kier molecular flexibility index (Phi) is 4.12. The molecule has 0 saturated heterocycles. The minimum absolute atomic E-state index is 0.0234. The van der Waals surface area contributed by atoms with Gasteiger partial charge in [0.1, 0.15) is 5.75 Å². The summed E-state index contributed by atoms with van der Waals surface area (Å²) in [5.41, 5.74) is 10.1. The molecule has 0 aliphatic carbocycles. The molecule has 0 fully saturated rings. The average Bonchev–Trinajstić information content (AvgIpc) is 3.06. The van der Waals surface area contributed by atoms with Crippen LogP contribution < -0.4 is 20.3 Å². The second-order valence-corrected chi connectivity index (χ2v) is 5.46. The lowest BCUT2D eigenvalue weighted by atomic mass is 10.0. The highest BCUT2D eigenvalue weighted by molar-refractivity contribution is 5.71. The molecule has 1 aliphatic heterocycles. The van der Waals surface area contributed by atoms with Gasteiger partial charge in [-0.2, -0.15) is 0 Å². The molecule has 1 aliphatic rings. The summed E-state index contributed by atoms with van der Waals surface area (Å²) in [5, 5.41) is 10.1. The molecule has 3 rings (SSSR count). The maximum absolute atomic E-state index is 10.1. The van der Waals surface area contributed by atoms with E-state index in [2.05, 4.69) is 10.9 Å². The highest BCUT2D eigenvalue weighted by Gasteiger charge is 2.20. The van der Waals surface area contributed by atoms with Crippen LogP contribution in [0.25, 0.3) is 5.70 Å². The maximum atomic E-state index is 10.1. The number of methoxy groups -OCH3 is 2. The van der Waals surface area contributed by atoms with Gasteiger partial charge in [-0.1, -0.05) is 17.7 Å². The van der Waals surface area contributed by atoms with E-state index < -0.39 is 0 Å². The predicted octanol–water partition coefficient (Wildman–Crippen LogP) is 2.91. The highest BCUT2D eigenvalue weighted by atomic mass is 16.5. The van der Waals surface area contributed by atoms with Crippen LogP contribution in [0, 0.1) is 6.92 Å². The number of phenolic OH excluding ortho intramolecular Hbond substituents is 1. The van der Waals surface area contributed by atoms with Gasteiger partial charge in [-0.3, -0.25) is 0 Å². The molecule has 3 N–H and O–H groups in total. The van der Waals surface area contributed by atoms with Crippen LogP contribution in [0.4, 0.5) is 0 Å². The van der Waals surface area contributed by atoms with E-state index in [1.807, 2.05) is 43.3 Å². The number of hydrogen-bond donors (Lipinski definition) is 3. The molecule has 5 nitrogen and oxygen atoms in total. The Labute approximate surface area is 135 Å². The number of phenols is 1. The third-order valence-corrected chi connectivity index (χ3v) is 3.90. The number of ether oxygens (including phenoxy) is 2. The zero-order chi connectivity index (χ0) is 16.4. The van der Waals surface area contributed by atoms with Gasteiger partial charge in [0.05, 0.1) is 26.0 Å². The molecule has 2 aromatic carbocycles. The van der Waals surface area contributed by atoms with E-state index in [0.717, 1.165) is 22.4 Å². The Bertz CT molecular complexity index is 756.